The van der Waals surface area contributed by atoms with Crippen LogP contribution < -0.4 is 10.5 Å². The average molecular weight is 293 g/mol. The molecule has 4 N–H and O–H groups in total. The summed E-state index contributed by atoms with van der Waals surface area (Å²) in [5.74, 6) is 0. The fourth-order valence-electron chi connectivity index (χ4n) is 1.33. The van der Waals surface area contributed by atoms with Crippen LogP contribution in [0.5, 0.6) is 0 Å². The monoisotopic (exact) mass is 292 g/mol. The summed E-state index contributed by atoms with van der Waals surface area (Å²) >= 11 is 5.92. The molecule has 102 valence electrons. The zero-order valence-corrected chi connectivity index (χ0v) is 12.1. The molecule has 0 spiro atoms. The minimum Gasteiger partial charge on any atom is -0.398 e. The number of rotatable bonds is 4. The molecule has 0 fully saturated rings. The molecule has 1 aromatic carbocycles. The molecule has 0 radical (unpaired) electrons. The van der Waals surface area contributed by atoms with Gasteiger partial charge in [0, 0.05) is 5.69 Å². The number of halogens is 1. The van der Waals surface area contributed by atoms with Gasteiger partial charge in [0.05, 0.1) is 17.2 Å². The predicted molar refractivity (Wildman–Crippen MR) is 72.1 cm³/mol. The number of nitrogens with one attached hydrogen (secondary N) is 1. The van der Waals surface area contributed by atoms with Crippen LogP contribution in [0.3, 0.4) is 0 Å². The van der Waals surface area contributed by atoms with E-state index in [0.717, 1.165) is 0 Å². The van der Waals surface area contributed by atoms with Crippen molar-refractivity contribution in [2.45, 2.75) is 31.2 Å². The highest BCUT2D eigenvalue weighted by atomic mass is 35.5. The molecule has 0 aromatic heterocycles. The normalized spacial score (nSPS) is 12.7. The number of aliphatic hydroxyl groups excluding tert-OH is 1. The molecule has 7 heteroatoms. The molecule has 0 aliphatic rings. The van der Waals surface area contributed by atoms with E-state index in [0.29, 0.717) is 11.3 Å². The largest absolute Gasteiger partial charge is 0.398 e. The maximum absolute atomic E-state index is 12.1. The number of aryl methyl sites for hydroxylation is 1. The fourth-order valence-corrected chi connectivity index (χ4v) is 3.35. The Labute approximate surface area is 112 Å². The number of hydrogen-bond donors (Lipinski definition) is 3. The van der Waals surface area contributed by atoms with Crippen molar-refractivity contribution in [2.75, 3.05) is 12.3 Å². The molecule has 0 unspecified atom stereocenters. The van der Waals surface area contributed by atoms with Gasteiger partial charge in [0.25, 0.3) is 0 Å². The van der Waals surface area contributed by atoms with Crippen molar-refractivity contribution >= 4 is 27.3 Å². The zero-order valence-electron chi connectivity index (χ0n) is 10.5. The Kier molecular flexibility index (Phi) is 4.27. The van der Waals surface area contributed by atoms with Crippen molar-refractivity contribution in [3.05, 3.63) is 22.7 Å². The van der Waals surface area contributed by atoms with Crippen LogP contribution in [0.1, 0.15) is 19.4 Å². The summed E-state index contributed by atoms with van der Waals surface area (Å²) in [5, 5.41) is 9.19. The van der Waals surface area contributed by atoms with Crippen molar-refractivity contribution in [1.29, 1.82) is 0 Å². The Morgan fingerprint density at radius 3 is 2.50 bits per heavy atom. The summed E-state index contributed by atoms with van der Waals surface area (Å²) in [6, 6.07) is 2.81. The SMILES string of the molecule is Cc1cc(Cl)c(S(=O)(=O)NC(C)(C)CO)cc1N. The summed E-state index contributed by atoms with van der Waals surface area (Å²) in [7, 11) is -3.82. The third kappa shape index (κ3) is 3.35. The summed E-state index contributed by atoms with van der Waals surface area (Å²) in [6.45, 7) is 4.54. The Morgan fingerprint density at radius 2 is 2.00 bits per heavy atom. The van der Waals surface area contributed by atoms with Gasteiger partial charge >= 0.3 is 0 Å². The Hall–Kier alpha value is -0.820. The van der Waals surface area contributed by atoms with Crippen LogP contribution in [0.4, 0.5) is 5.69 Å². The summed E-state index contributed by atoms with van der Waals surface area (Å²) in [4.78, 5) is -0.0891. The second-order valence-electron chi connectivity index (χ2n) is 4.79. The number of nitrogens with two attached hydrogens (primary N) is 1. The fraction of sp³-hybridized carbons (Fsp3) is 0.455. The molecule has 0 heterocycles. The van der Waals surface area contributed by atoms with Gasteiger partial charge in [-0.1, -0.05) is 11.6 Å². The molecule has 0 saturated heterocycles. The topological polar surface area (TPSA) is 92.4 Å². The van der Waals surface area contributed by atoms with Gasteiger partial charge in [-0.15, -0.1) is 0 Å². The molecule has 0 aliphatic carbocycles. The van der Waals surface area contributed by atoms with Gasteiger partial charge in [-0.2, -0.15) is 0 Å². The van der Waals surface area contributed by atoms with Crippen molar-refractivity contribution < 1.29 is 13.5 Å². The third-order valence-electron chi connectivity index (χ3n) is 2.42. The van der Waals surface area contributed by atoms with Crippen molar-refractivity contribution in [2.24, 2.45) is 0 Å². The number of sulfonamides is 1. The molecular formula is C11H17ClN2O3S. The number of aliphatic hydroxyl groups is 1. The number of nitrogen functional groups attached to an aromatic ring is 1. The highest BCUT2D eigenvalue weighted by Gasteiger charge is 2.27. The van der Waals surface area contributed by atoms with Crippen LogP contribution in [0, 0.1) is 6.92 Å². The van der Waals surface area contributed by atoms with E-state index < -0.39 is 15.6 Å². The molecule has 18 heavy (non-hydrogen) atoms. The third-order valence-corrected chi connectivity index (χ3v) is 4.58. The Bertz CT molecular complexity index is 556. The first-order chi connectivity index (χ1) is 8.09. The van der Waals surface area contributed by atoms with Gasteiger partial charge in [0.1, 0.15) is 4.90 Å². The Morgan fingerprint density at radius 1 is 1.44 bits per heavy atom. The second kappa shape index (κ2) is 5.05. The molecular weight excluding hydrogens is 276 g/mol. The predicted octanol–water partition coefficient (Wildman–Crippen LogP) is 1.28. The van der Waals surface area contributed by atoms with Crippen molar-refractivity contribution in [3.63, 3.8) is 0 Å². The lowest BCUT2D eigenvalue weighted by molar-refractivity contribution is 0.208. The highest BCUT2D eigenvalue weighted by Crippen LogP contribution is 2.27. The number of anilines is 1. The van der Waals surface area contributed by atoms with Crippen LogP contribution >= 0.6 is 11.6 Å². The van der Waals surface area contributed by atoms with Crippen LogP contribution in [0.2, 0.25) is 5.02 Å². The molecule has 0 aliphatic heterocycles. The summed E-state index contributed by atoms with van der Waals surface area (Å²) in [5.41, 5.74) is 5.77. The van der Waals surface area contributed by atoms with E-state index in [9.17, 15) is 8.42 Å². The maximum Gasteiger partial charge on any atom is 0.242 e. The average Bonchev–Trinajstić information content (AvgIpc) is 2.21. The first kappa shape index (κ1) is 15.2. The smallest absolute Gasteiger partial charge is 0.242 e. The van der Waals surface area contributed by atoms with E-state index in [1.807, 2.05) is 0 Å². The molecule has 0 bridgehead atoms. The lowest BCUT2D eigenvalue weighted by Gasteiger charge is -2.23. The summed E-state index contributed by atoms with van der Waals surface area (Å²) in [6.07, 6.45) is 0. The number of hydrogen-bond acceptors (Lipinski definition) is 4. The van der Waals surface area contributed by atoms with Crippen LogP contribution in [0.25, 0.3) is 0 Å². The van der Waals surface area contributed by atoms with E-state index in [2.05, 4.69) is 4.72 Å². The van der Waals surface area contributed by atoms with Crippen LogP contribution in [0.15, 0.2) is 17.0 Å². The zero-order chi connectivity index (χ0) is 14.1. The maximum atomic E-state index is 12.1. The van der Waals surface area contributed by atoms with E-state index in [4.69, 9.17) is 22.4 Å². The van der Waals surface area contributed by atoms with Gasteiger partial charge in [0.15, 0.2) is 0 Å². The van der Waals surface area contributed by atoms with Gasteiger partial charge in [-0.25, -0.2) is 13.1 Å². The molecule has 1 rings (SSSR count). The van der Waals surface area contributed by atoms with E-state index in [1.54, 1.807) is 20.8 Å². The minimum atomic E-state index is -3.82. The molecule has 5 nitrogen and oxygen atoms in total. The van der Waals surface area contributed by atoms with Crippen molar-refractivity contribution in [3.8, 4) is 0 Å². The van der Waals surface area contributed by atoms with E-state index >= 15 is 0 Å². The molecule has 0 atom stereocenters. The minimum absolute atomic E-state index is 0.0891. The molecule has 1 aromatic rings. The van der Waals surface area contributed by atoms with Gasteiger partial charge in [-0.05, 0) is 38.5 Å². The second-order valence-corrected chi connectivity index (χ2v) is 6.84. The van der Waals surface area contributed by atoms with Crippen LogP contribution in [-0.4, -0.2) is 25.7 Å². The van der Waals surface area contributed by atoms with E-state index in [-0.39, 0.29) is 16.5 Å². The lowest BCUT2D eigenvalue weighted by Crippen LogP contribution is -2.46. The quantitative estimate of drug-likeness (QED) is 0.729. The highest BCUT2D eigenvalue weighted by molar-refractivity contribution is 7.89. The Balaban J connectivity index is 3.26. The first-order valence-electron chi connectivity index (χ1n) is 5.29. The van der Waals surface area contributed by atoms with Gasteiger partial charge < -0.3 is 10.8 Å². The lowest BCUT2D eigenvalue weighted by atomic mass is 10.1. The standard InChI is InChI=1S/C11H17ClN2O3S/c1-7-4-8(12)10(5-9(7)13)18(16,17)14-11(2,3)6-15/h4-5,14-15H,6,13H2,1-3H3. The van der Waals surface area contributed by atoms with E-state index in [1.165, 1.54) is 12.1 Å². The number of benzene rings is 1. The summed E-state index contributed by atoms with van der Waals surface area (Å²) < 4.78 is 26.6. The molecule has 0 amide bonds. The van der Waals surface area contributed by atoms with Crippen LogP contribution in [-0.2, 0) is 10.0 Å². The molecule has 0 saturated carbocycles. The first-order valence-corrected chi connectivity index (χ1v) is 7.15. The van der Waals surface area contributed by atoms with Gasteiger partial charge in [0.2, 0.25) is 10.0 Å². The van der Waals surface area contributed by atoms with Gasteiger partial charge in [-0.3, -0.25) is 0 Å². The van der Waals surface area contributed by atoms with Crippen molar-refractivity contribution in [1.82, 2.24) is 4.72 Å².